The van der Waals surface area contributed by atoms with E-state index in [0.29, 0.717) is 31.1 Å². The van der Waals surface area contributed by atoms with E-state index in [1.54, 1.807) is 6.07 Å². The van der Waals surface area contributed by atoms with Crippen LogP contribution in [0.15, 0.2) is 24.3 Å². The van der Waals surface area contributed by atoms with Gasteiger partial charge < -0.3 is 15.4 Å². The Labute approximate surface area is 117 Å². The number of benzene rings is 1. The third-order valence-corrected chi connectivity index (χ3v) is 2.62. The smallest absolute Gasteiger partial charge is 0.309 e. The topological polar surface area (TPSA) is 67.4 Å². The zero-order valence-electron chi connectivity index (χ0n) is 10.7. The maximum absolute atomic E-state index is 11.4. The summed E-state index contributed by atoms with van der Waals surface area (Å²) in [5, 5.41) is 5.64. The van der Waals surface area contributed by atoms with Gasteiger partial charge in [0, 0.05) is 25.2 Å². The number of ether oxygens (including phenoxy) is 1. The molecule has 0 atom stereocenters. The highest BCUT2D eigenvalue weighted by Gasteiger charge is 2.11. The fourth-order valence-corrected chi connectivity index (χ4v) is 1.65. The molecule has 0 unspecified atom stereocenters. The maximum Gasteiger partial charge on any atom is 0.309 e. The summed E-state index contributed by atoms with van der Waals surface area (Å²) in [6.45, 7) is 1.08. The molecule has 1 rings (SSSR count). The van der Waals surface area contributed by atoms with Crippen molar-refractivity contribution in [2.75, 3.05) is 26.8 Å². The summed E-state index contributed by atoms with van der Waals surface area (Å²) in [4.78, 5) is 22.7. The van der Waals surface area contributed by atoms with Crippen LogP contribution in [0.4, 0.5) is 0 Å². The first-order valence-corrected chi connectivity index (χ1v) is 6.30. The second-order valence-corrected chi connectivity index (χ2v) is 4.32. The van der Waals surface area contributed by atoms with E-state index in [-0.39, 0.29) is 0 Å². The summed E-state index contributed by atoms with van der Waals surface area (Å²) in [6.07, 6.45) is 0.623. The zero-order chi connectivity index (χ0) is 14.1. The van der Waals surface area contributed by atoms with Gasteiger partial charge in [0.2, 0.25) is 0 Å². The highest BCUT2D eigenvalue weighted by molar-refractivity contribution is 6.35. The fraction of sp³-hybridized carbons (Fsp3) is 0.385. The van der Waals surface area contributed by atoms with Gasteiger partial charge in [-0.3, -0.25) is 9.59 Å². The number of carbonyl (C=O) groups excluding carboxylic acids is 2. The van der Waals surface area contributed by atoms with Gasteiger partial charge >= 0.3 is 11.8 Å². The average molecular weight is 285 g/mol. The quantitative estimate of drug-likeness (QED) is 0.599. The van der Waals surface area contributed by atoms with E-state index in [1.165, 1.54) is 7.11 Å². The second kappa shape index (κ2) is 8.50. The third-order valence-electron chi connectivity index (χ3n) is 2.39. The molecule has 0 bridgehead atoms. The summed E-state index contributed by atoms with van der Waals surface area (Å²) in [5.41, 5.74) is 1.01. The van der Waals surface area contributed by atoms with Crippen LogP contribution in [-0.2, 0) is 20.7 Å². The van der Waals surface area contributed by atoms with Gasteiger partial charge in [-0.05, 0) is 24.1 Å². The molecule has 2 amide bonds. The minimum atomic E-state index is -0.650. The summed E-state index contributed by atoms with van der Waals surface area (Å²) in [7, 11) is 1.53. The molecular formula is C13H17ClN2O3. The summed E-state index contributed by atoms with van der Waals surface area (Å²) < 4.78 is 4.76. The van der Waals surface area contributed by atoms with E-state index in [1.807, 2.05) is 18.2 Å². The molecule has 0 fully saturated rings. The predicted molar refractivity (Wildman–Crippen MR) is 73.1 cm³/mol. The van der Waals surface area contributed by atoms with Crippen molar-refractivity contribution in [3.8, 4) is 0 Å². The minimum absolute atomic E-state index is 0.317. The number of halogens is 1. The first kappa shape index (κ1) is 15.5. The Hall–Kier alpha value is -1.59. The Morgan fingerprint density at radius 1 is 1.21 bits per heavy atom. The minimum Gasteiger partial charge on any atom is -0.383 e. The van der Waals surface area contributed by atoms with Crippen molar-refractivity contribution in [3.05, 3.63) is 34.9 Å². The van der Waals surface area contributed by atoms with Crippen LogP contribution >= 0.6 is 11.6 Å². The van der Waals surface area contributed by atoms with Gasteiger partial charge in [-0.2, -0.15) is 0 Å². The van der Waals surface area contributed by atoms with Crippen LogP contribution in [0.3, 0.4) is 0 Å². The monoisotopic (exact) mass is 284 g/mol. The second-order valence-electron chi connectivity index (χ2n) is 3.88. The van der Waals surface area contributed by atoms with Crippen LogP contribution < -0.4 is 10.6 Å². The number of nitrogens with one attached hydrogen (secondary N) is 2. The molecule has 0 saturated heterocycles. The number of hydrogen-bond acceptors (Lipinski definition) is 3. The molecule has 104 valence electrons. The Bertz CT molecular complexity index is 438. The van der Waals surface area contributed by atoms with E-state index < -0.39 is 11.8 Å². The molecule has 0 heterocycles. The first-order chi connectivity index (χ1) is 9.13. The molecule has 0 aliphatic heterocycles. The van der Waals surface area contributed by atoms with Gasteiger partial charge in [0.15, 0.2) is 0 Å². The van der Waals surface area contributed by atoms with Crippen LogP contribution in [0.1, 0.15) is 5.56 Å². The lowest BCUT2D eigenvalue weighted by molar-refractivity contribution is -0.139. The summed E-state index contributed by atoms with van der Waals surface area (Å²) >= 11 is 5.84. The Morgan fingerprint density at radius 3 is 2.53 bits per heavy atom. The fourth-order valence-electron chi connectivity index (χ4n) is 1.44. The maximum atomic E-state index is 11.4. The number of carbonyl (C=O) groups is 2. The normalized spacial score (nSPS) is 10.0. The van der Waals surface area contributed by atoms with Gasteiger partial charge in [-0.15, -0.1) is 0 Å². The highest BCUT2D eigenvalue weighted by Crippen LogP contribution is 2.10. The molecule has 2 N–H and O–H groups in total. The van der Waals surface area contributed by atoms with E-state index >= 15 is 0 Å². The van der Waals surface area contributed by atoms with E-state index in [0.717, 1.165) is 5.56 Å². The average Bonchev–Trinajstić information content (AvgIpc) is 2.39. The van der Waals surface area contributed by atoms with Crippen LogP contribution in [0, 0.1) is 0 Å². The standard InChI is InChI=1S/C13H17ClN2O3/c1-19-8-7-16-13(18)12(17)15-6-5-10-3-2-4-11(14)9-10/h2-4,9H,5-8H2,1H3,(H,15,17)(H,16,18). The SMILES string of the molecule is COCCNC(=O)C(=O)NCCc1cccc(Cl)c1. The van der Waals surface area contributed by atoms with Gasteiger partial charge in [-0.25, -0.2) is 0 Å². The lowest BCUT2D eigenvalue weighted by Crippen LogP contribution is -2.41. The molecule has 1 aromatic rings. The summed E-state index contributed by atoms with van der Waals surface area (Å²) in [6, 6.07) is 7.37. The van der Waals surface area contributed by atoms with Crippen molar-refractivity contribution >= 4 is 23.4 Å². The largest absolute Gasteiger partial charge is 0.383 e. The van der Waals surface area contributed by atoms with Crippen molar-refractivity contribution in [3.63, 3.8) is 0 Å². The molecule has 0 radical (unpaired) electrons. The Kier molecular flexibility index (Phi) is 6.92. The Morgan fingerprint density at radius 2 is 1.89 bits per heavy atom. The first-order valence-electron chi connectivity index (χ1n) is 5.93. The van der Waals surface area contributed by atoms with Crippen molar-refractivity contribution in [1.29, 1.82) is 0 Å². The van der Waals surface area contributed by atoms with Crippen LogP contribution in [0.5, 0.6) is 0 Å². The van der Waals surface area contributed by atoms with E-state index in [2.05, 4.69) is 10.6 Å². The Balaban J connectivity index is 2.25. The van der Waals surface area contributed by atoms with Gasteiger partial charge in [-0.1, -0.05) is 23.7 Å². The molecule has 19 heavy (non-hydrogen) atoms. The zero-order valence-corrected chi connectivity index (χ0v) is 11.5. The van der Waals surface area contributed by atoms with Crippen molar-refractivity contribution in [2.24, 2.45) is 0 Å². The molecule has 0 aliphatic rings. The molecular weight excluding hydrogens is 268 g/mol. The molecule has 0 saturated carbocycles. The van der Waals surface area contributed by atoms with Gasteiger partial charge in [0.1, 0.15) is 0 Å². The third kappa shape index (κ3) is 6.22. The molecule has 1 aromatic carbocycles. The van der Waals surface area contributed by atoms with E-state index in [4.69, 9.17) is 16.3 Å². The van der Waals surface area contributed by atoms with E-state index in [9.17, 15) is 9.59 Å². The highest BCUT2D eigenvalue weighted by atomic mass is 35.5. The van der Waals surface area contributed by atoms with Gasteiger partial charge in [0.05, 0.1) is 6.61 Å². The molecule has 0 aromatic heterocycles. The number of rotatable bonds is 6. The van der Waals surface area contributed by atoms with Crippen LogP contribution in [0.2, 0.25) is 5.02 Å². The van der Waals surface area contributed by atoms with Crippen LogP contribution in [0.25, 0.3) is 0 Å². The van der Waals surface area contributed by atoms with Crippen LogP contribution in [-0.4, -0.2) is 38.6 Å². The number of methoxy groups -OCH3 is 1. The number of amides is 2. The van der Waals surface area contributed by atoms with Crippen molar-refractivity contribution in [1.82, 2.24) is 10.6 Å². The molecule has 6 heteroatoms. The van der Waals surface area contributed by atoms with Crippen molar-refractivity contribution < 1.29 is 14.3 Å². The molecule has 5 nitrogen and oxygen atoms in total. The summed E-state index contributed by atoms with van der Waals surface area (Å²) in [5.74, 6) is -1.29. The van der Waals surface area contributed by atoms with Crippen molar-refractivity contribution in [2.45, 2.75) is 6.42 Å². The predicted octanol–water partition coefficient (Wildman–Crippen LogP) is 0.761. The number of hydrogen-bond donors (Lipinski definition) is 2. The lowest BCUT2D eigenvalue weighted by atomic mass is 10.1. The molecule has 0 spiro atoms. The lowest BCUT2D eigenvalue weighted by Gasteiger charge is -2.06. The van der Waals surface area contributed by atoms with Gasteiger partial charge in [0.25, 0.3) is 0 Å². The molecule has 0 aliphatic carbocycles.